The highest BCUT2D eigenvalue weighted by Crippen LogP contribution is 2.23. The Morgan fingerprint density at radius 3 is 2.52 bits per heavy atom. The van der Waals surface area contributed by atoms with Crippen molar-refractivity contribution in [3.05, 3.63) is 47.7 Å². The normalized spacial score (nSPS) is 15.7. The summed E-state index contributed by atoms with van der Waals surface area (Å²) in [6.45, 7) is 7.35. The van der Waals surface area contributed by atoms with Crippen LogP contribution in [0.5, 0.6) is 0 Å². The van der Waals surface area contributed by atoms with E-state index < -0.39 is 0 Å². The van der Waals surface area contributed by atoms with Crippen molar-refractivity contribution in [3.63, 3.8) is 0 Å². The van der Waals surface area contributed by atoms with E-state index in [0.717, 1.165) is 18.4 Å². The number of benzene rings is 1. The zero-order valence-corrected chi connectivity index (χ0v) is 16.7. The lowest BCUT2D eigenvalue weighted by atomic mass is 9.87. The highest BCUT2D eigenvalue weighted by Gasteiger charge is 2.16. The predicted octanol–water partition coefficient (Wildman–Crippen LogP) is 4.52. The quantitative estimate of drug-likeness (QED) is 0.815. The summed E-state index contributed by atoms with van der Waals surface area (Å²) in [4.78, 5) is 12.2. The average Bonchev–Trinajstić information content (AvgIpc) is 3.07. The lowest BCUT2D eigenvalue weighted by Crippen LogP contribution is -2.25. The van der Waals surface area contributed by atoms with E-state index in [0.29, 0.717) is 12.4 Å². The summed E-state index contributed by atoms with van der Waals surface area (Å²) < 4.78 is 7.57. The van der Waals surface area contributed by atoms with E-state index in [1.807, 2.05) is 10.7 Å². The third-order valence-electron chi connectivity index (χ3n) is 5.14. The number of hydrogen-bond donors (Lipinski definition) is 1. The van der Waals surface area contributed by atoms with Gasteiger partial charge >= 0.3 is 0 Å². The van der Waals surface area contributed by atoms with Crippen LogP contribution in [-0.2, 0) is 21.5 Å². The molecule has 1 fully saturated rings. The number of anilines is 1. The van der Waals surface area contributed by atoms with E-state index in [1.165, 1.54) is 24.8 Å². The molecule has 0 radical (unpaired) electrons. The van der Waals surface area contributed by atoms with Crippen molar-refractivity contribution in [2.24, 2.45) is 0 Å². The highest BCUT2D eigenvalue weighted by molar-refractivity contribution is 5.90. The molecule has 27 heavy (non-hydrogen) atoms. The first-order valence-electron chi connectivity index (χ1n) is 9.94. The zero-order chi connectivity index (χ0) is 19.3. The molecule has 1 saturated carbocycles. The molecule has 0 unspecified atom stereocenters. The van der Waals surface area contributed by atoms with Gasteiger partial charge in [0, 0.05) is 6.07 Å². The number of amides is 1. The van der Waals surface area contributed by atoms with Gasteiger partial charge in [-0.25, -0.2) is 4.68 Å². The summed E-state index contributed by atoms with van der Waals surface area (Å²) >= 11 is 0. The monoisotopic (exact) mass is 369 g/mol. The maximum atomic E-state index is 12.2. The van der Waals surface area contributed by atoms with E-state index in [2.05, 4.69) is 55.5 Å². The smallest absolute Gasteiger partial charge is 0.251 e. The molecular weight excluding hydrogens is 338 g/mol. The maximum Gasteiger partial charge on any atom is 0.251 e. The summed E-state index contributed by atoms with van der Waals surface area (Å²) in [6.07, 6.45) is 7.75. The molecule has 3 rings (SSSR count). The molecule has 0 atom stereocenters. The van der Waals surface area contributed by atoms with E-state index in [1.54, 1.807) is 6.20 Å². The van der Waals surface area contributed by atoms with Crippen molar-refractivity contribution in [1.29, 1.82) is 0 Å². The van der Waals surface area contributed by atoms with Crippen LogP contribution in [0.15, 0.2) is 36.5 Å². The first kappa shape index (κ1) is 19.6. The number of nitrogens with one attached hydrogen (secondary N) is 1. The van der Waals surface area contributed by atoms with Crippen LogP contribution in [-0.4, -0.2) is 28.4 Å². The third kappa shape index (κ3) is 5.67. The molecule has 1 aliphatic carbocycles. The minimum atomic E-state index is -0.120. The largest absolute Gasteiger partial charge is 0.368 e. The first-order valence-corrected chi connectivity index (χ1v) is 9.94. The highest BCUT2D eigenvalue weighted by atomic mass is 16.5. The van der Waals surface area contributed by atoms with Gasteiger partial charge in [0.1, 0.15) is 12.4 Å². The van der Waals surface area contributed by atoms with Crippen molar-refractivity contribution < 1.29 is 9.53 Å². The molecule has 0 bridgehead atoms. The molecular formula is C22H31N3O2. The predicted molar refractivity (Wildman–Crippen MR) is 108 cm³/mol. The maximum absolute atomic E-state index is 12.2. The lowest BCUT2D eigenvalue weighted by Gasteiger charge is -2.21. The van der Waals surface area contributed by atoms with Crippen LogP contribution < -0.4 is 5.32 Å². The SMILES string of the molecule is CC(C)(C)c1ccc(Cn2nccc2NC(=O)COC2CCCCC2)cc1. The minimum absolute atomic E-state index is 0.107. The van der Waals surface area contributed by atoms with E-state index >= 15 is 0 Å². The molecule has 1 heterocycles. The van der Waals surface area contributed by atoms with Crippen LogP contribution >= 0.6 is 0 Å². The molecule has 5 nitrogen and oxygen atoms in total. The zero-order valence-electron chi connectivity index (χ0n) is 16.7. The summed E-state index contributed by atoms with van der Waals surface area (Å²) in [6, 6.07) is 10.4. The molecule has 1 N–H and O–H groups in total. The fourth-order valence-corrected chi connectivity index (χ4v) is 3.45. The fourth-order valence-electron chi connectivity index (χ4n) is 3.45. The van der Waals surface area contributed by atoms with E-state index in [9.17, 15) is 4.79 Å². The summed E-state index contributed by atoms with van der Waals surface area (Å²) in [5.74, 6) is 0.581. The second-order valence-electron chi connectivity index (χ2n) is 8.44. The van der Waals surface area contributed by atoms with Crippen LogP contribution in [0.1, 0.15) is 64.0 Å². The van der Waals surface area contributed by atoms with Crippen LogP contribution in [0.3, 0.4) is 0 Å². The Bertz CT molecular complexity index is 738. The molecule has 146 valence electrons. The van der Waals surface area contributed by atoms with Crippen molar-refractivity contribution in [1.82, 2.24) is 9.78 Å². The van der Waals surface area contributed by atoms with Crippen LogP contribution in [0, 0.1) is 0 Å². The number of carbonyl (C=O) groups is 1. The van der Waals surface area contributed by atoms with Crippen LogP contribution in [0.2, 0.25) is 0 Å². The molecule has 0 spiro atoms. The Kier molecular flexibility index (Phi) is 6.32. The van der Waals surface area contributed by atoms with Gasteiger partial charge in [-0.15, -0.1) is 0 Å². The van der Waals surface area contributed by atoms with Crippen molar-refractivity contribution in [3.8, 4) is 0 Å². The number of aromatic nitrogens is 2. The Morgan fingerprint density at radius 2 is 1.85 bits per heavy atom. The van der Waals surface area contributed by atoms with Gasteiger partial charge < -0.3 is 10.1 Å². The fraction of sp³-hybridized carbons (Fsp3) is 0.545. The summed E-state index contributed by atoms with van der Waals surface area (Å²) in [5.41, 5.74) is 2.60. The average molecular weight is 370 g/mol. The van der Waals surface area contributed by atoms with E-state index in [-0.39, 0.29) is 24.0 Å². The van der Waals surface area contributed by atoms with Crippen LogP contribution in [0.4, 0.5) is 5.82 Å². The first-order chi connectivity index (χ1) is 12.9. The number of carbonyl (C=O) groups excluding carboxylic acids is 1. The van der Waals surface area contributed by atoms with Gasteiger partial charge in [0.25, 0.3) is 5.91 Å². The van der Waals surface area contributed by atoms with Gasteiger partial charge in [-0.2, -0.15) is 5.10 Å². The molecule has 1 aliphatic rings. The molecule has 0 saturated heterocycles. The van der Waals surface area contributed by atoms with Crippen LogP contribution in [0.25, 0.3) is 0 Å². The van der Waals surface area contributed by atoms with Gasteiger partial charge in [0.15, 0.2) is 0 Å². The number of rotatable bonds is 6. The second kappa shape index (κ2) is 8.70. The minimum Gasteiger partial charge on any atom is -0.368 e. The molecule has 0 aliphatic heterocycles. The third-order valence-corrected chi connectivity index (χ3v) is 5.14. The van der Waals surface area contributed by atoms with Crippen molar-refractivity contribution in [2.45, 2.75) is 70.9 Å². The molecule has 1 aromatic carbocycles. The Labute approximate surface area is 162 Å². The van der Waals surface area contributed by atoms with E-state index in [4.69, 9.17) is 4.74 Å². The summed E-state index contributed by atoms with van der Waals surface area (Å²) in [5, 5.41) is 7.27. The molecule has 1 aromatic heterocycles. The topological polar surface area (TPSA) is 56.2 Å². The number of ether oxygens (including phenoxy) is 1. The Hall–Kier alpha value is -2.14. The second-order valence-corrected chi connectivity index (χ2v) is 8.44. The lowest BCUT2D eigenvalue weighted by molar-refractivity contribution is -0.123. The Balaban J connectivity index is 1.54. The van der Waals surface area contributed by atoms with Gasteiger partial charge in [-0.1, -0.05) is 64.3 Å². The van der Waals surface area contributed by atoms with Crippen molar-refractivity contribution in [2.75, 3.05) is 11.9 Å². The van der Waals surface area contributed by atoms with Crippen molar-refractivity contribution >= 4 is 11.7 Å². The summed E-state index contributed by atoms with van der Waals surface area (Å²) in [7, 11) is 0. The van der Waals surface area contributed by atoms with Gasteiger partial charge in [0.2, 0.25) is 0 Å². The molecule has 1 amide bonds. The van der Waals surface area contributed by atoms with Gasteiger partial charge in [-0.3, -0.25) is 4.79 Å². The van der Waals surface area contributed by atoms with Gasteiger partial charge in [0.05, 0.1) is 18.8 Å². The molecule has 2 aromatic rings. The van der Waals surface area contributed by atoms with Gasteiger partial charge in [-0.05, 0) is 29.4 Å². The standard InChI is InChI=1S/C22H31N3O2/c1-22(2,3)18-11-9-17(10-12-18)15-25-20(13-14-23-25)24-21(26)16-27-19-7-5-4-6-8-19/h9-14,19H,4-8,15-16H2,1-3H3,(H,24,26). The molecule has 5 heteroatoms. The Morgan fingerprint density at radius 1 is 1.15 bits per heavy atom. The number of hydrogen-bond acceptors (Lipinski definition) is 3. The number of nitrogens with zero attached hydrogens (tertiary/aromatic N) is 2.